The topological polar surface area (TPSA) is 27.1 Å². The van der Waals surface area contributed by atoms with Gasteiger partial charge in [-0.05, 0) is 46.9 Å². The Bertz CT molecular complexity index is 827. The second kappa shape index (κ2) is 5.03. The van der Waals surface area contributed by atoms with Gasteiger partial charge in [0.25, 0.3) is 0 Å². The lowest BCUT2D eigenvalue weighted by atomic mass is 10.2. The maximum atomic E-state index is 5.96. The van der Waals surface area contributed by atoms with E-state index in [1.54, 1.807) is 0 Å². The Kier molecular flexibility index (Phi) is 3.15. The Balaban J connectivity index is 1.91. The van der Waals surface area contributed by atoms with Gasteiger partial charge in [0.05, 0.1) is 5.69 Å². The van der Waals surface area contributed by atoms with Crippen molar-refractivity contribution >= 4 is 34.2 Å². The summed E-state index contributed by atoms with van der Waals surface area (Å²) >= 11 is 8.30. The minimum atomic E-state index is 0.487. The monoisotopic (exact) mass is 408 g/mol. The normalized spacial score (nSPS) is 12.5. The summed E-state index contributed by atoms with van der Waals surface area (Å²) in [5, 5.41) is 0.728. The molecule has 0 fully saturated rings. The Labute approximate surface area is 140 Å². The highest BCUT2D eigenvalue weighted by molar-refractivity contribution is 14.1. The fourth-order valence-corrected chi connectivity index (χ4v) is 3.58. The van der Waals surface area contributed by atoms with Crippen LogP contribution in [-0.2, 0) is 6.61 Å². The van der Waals surface area contributed by atoms with Gasteiger partial charge >= 0.3 is 0 Å². The first-order chi connectivity index (χ1) is 10.2. The van der Waals surface area contributed by atoms with E-state index in [0.717, 1.165) is 37.2 Å². The van der Waals surface area contributed by atoms with E-state index >= 15 is 0 Å². The lowest BCUT2D eigenvalue weighted by Gasteiger charge is -2.19. The van der Waals surface area contributed by atoms with E-state index in [4.69, 9.17) is 21.3 Å². The molecule has 0 radical (unpaired) electrons. The van der Waals surface area contributed by atoms with Crippen molar-refractivity contribution < 1.29 is 4.74 Å². The predicted octanol–water partition coefficient (Wildman–Crippen LogP) is 4.69. The smallest absolute Gasteiger partial charge is 0.153 e. The molecule has 2 aromatic carbocycles. The van der Waals surface area contributed by atoms with Crippen LogP contribution >= 0.6 is 34.2 Å². The number of ether oxygens (including phenoxy) is 1. The zero-order valence-corrected chi connectivity index (χ0v) is 13.8. The van der Waals surface area contributed by atoms with Crippen LogP contribution < -0.4 is 4.74 Å². The highest BCUT2D eigenvalue weighted by atomic mass is 127. The number of hydrogen-bond acceptors (Lipinski definition) is 2. The number of para-hydroxylation sites is 2. The van der Waals surface area contributed by atoms with Crippen molar-refractivity contribution in [1.29, 1.82) is 0 Å². The molecule has 4 rings (SSSR count). The highest BCUT2D eigenvalue weighted by Crippen LogP contribution is 2.35. The van der Waals surface area contributed by atoms with Crippen molar-refractivity contribution in [3.05, 3.63) is 63.1 Å². The molecule has 1 aliphatic rings. The fraction of sp³-hybridized carbons (Fsp3) is 0.0625. The number of rotatable bonds is 1. The molecule has 3 aromatic rings. The number of halogens is 2. The van der Waals surface area contributed by atoms with E-state index in [9.17, 15) is 0 Å². The molecule has 0 bridgehead atoms. The molecule has 2 heterocycles. The first kappa shape index (κ1) is 13.2. The highest BCUT2D eigenvalue weighted by Gasteiger charge is 2.23. The predicted molar refractivity (Wildman–Crippen MR) is 91.1 cm³/mol. The minimum absolute atomic E-state index is 0.487. The molecule has 1 aliphatic heterocycles. The van der Waals surface area contributed by atoms with Crippen LogP contribution in [0.3, 0.4) is 0 Å². The molecule has 0 N–H and O–H groups in total. The summed E-state index contributed by atoms with van der Waals surface area (Å²) in [5.74, 6) is 1.81. The molecule has 5 heteroatoms. The van der Waals surface area contributed by atoms with Gasteiger partial charge in [-0.1, -0.05) is 35.9 Å². The number of imidazole rings is 1. The van der Waals surface area contributed by atoms with Gasteiger partial charge in [0.15, 0.2) is 5.82 Å². The summed E-state index contributed by atoms with van der Waals surface area (Å²) in [6, 6.07) is 15.8. The van der Waals surface area contributed by atoms with Crippen LogP contribution in [0.1, 0.15) is 5.82 Å². The summed E-state index contributed by atoms with van der Waals surface area (Å²) in [7, 11) is 0. The molecule has 0 amide bonds. The van der Waals surface area contributed by atoms with Gasteiger partial charge < -0.3 is 4.74 Å². The van der Waals surface area contributed by atoms with Gasteiger partial charge in [0.2, 0.25) is 0 Å². The summed E-state index contributed by atoms with van der Waals surface area (Å²) in [6.07, 6.45) is 0. The Morgan fingerprint density at radius 1 is 1.10 bits per heavy atom. The molecule has 0 aliphatic carbocycles. The van der Waals surface area contributed by atoms with Crippen molar-refractivity contribution in [2.45, 2.75) is 6.61 Å². The Hall–Kier alpha value is -1.53. The lowest BCUT2D eigenvalue weighted by molar-refractivity contribution is 0.279. The molecule has 0 unspecified atom stereocenters. The largest absolute Gasteiger partial charge is 0.483 e. The van der Waals surface area contributed by atoms with Crippen LogP contribution in [0.5, 0.6) is 5.75 Å². The van der Waals surface area contributed by atoms with Gasteiger partial charge in [-0.25, -0.2) is 4.98 Å². The molecule has 0 atom stereocenters. The number of benzene rings is 2. The van der Waals surface area contributed by atoms with Crippen LogP contribution in [0.4, 0.5) is 0 Å². The number of hydrogen-bond donors (Lipinski definition) is 0. The van der Waals surface area contributed by atoms with Gasteiger partial charge in [-0.15, -0.1) is 0 Å². The van der Waals surface area contributed by atoms with Crippen molar-refractivity contribution in [2.75, 3.05) is 0 Å². The molecule has 104 valence electrons. The quantitative estimate of drug-likeness (QED) is 0.546. The first-order valence-electron chi connectivity index (χ1n) is 6.49. The van der Waals surface area contributed by atoms with E-state index in [1.165, 1.54) is 0 Å². The third kappa shape index (κ3) is 2.13. The summed E-state index contributed by atoms with van der Waals surface area (Å²) in [5.41, 5.74) is 3.06. The van der Waals surface area contributed by atoms with Crippen LogP contribution in [0.2, 0.25) is 5.02 Å². The zero-order valence-electron chi connectivity index (χ0n) is 10.9. The second-order valence-corrected chi connectivity index (χ2v) is 6.22. The molecule has 0 saturated heterocycles. The molecular weight excluding hydrogens is 399 g/mol. The van der Waals surface area contributed by atoms with Gasteiger partial charge in [-0.2, -0.15) is 0 Å². The summed E-state index contributed by atoms with van der Waals surface area (Å²) < 4.78 is 9.01. The van der Waals surface area contributed by atoms with E-state index in [2.05, 4.69) is 27.2 Å². The average molecular weight is 409 g/mol. The van der Waals surface area contributed by atoms with E-state index in [0.29, 0.717) is 6.61 Å². The number of fused-ring (bicyclic) bond motifs is 3. The molecule has 0 spiro atoms. The average Bonchev–Trinajstić information content (AvgIpc) is 2.86. The molecule has 1 aromatic heterocycles. The number of nitrogens with zero attached hydrogens (tertiary/aromatic N) is 2. The molecule has 21 heavy (non-hydrogen) atoms. The molecular formula is C16H10ClIN2O. The second-order valence-electron chi connectivity index (χ2n) is 4.77. The summed E-state index contributed by atoms with van der Waals surface area (Å²) in [6.45, 7) is 0.487. The third-order valence-corrected chi connectivity index (χ3v) is 4.72. The third-order valence-electron chi connectivity index (χ3n) is 3.47. The maximum Gasteiger partial charge on any atom is 0.153 e. The first-order valence-corrected chi connectivity index (χ1v) is 7.95. The summed E-state index contributed by atoms with van der Waals surface area (Å²) in [4.78, 5) is 4.74. The van der Waals surface area contributed by atoms with E-state index < -0.39 is 0 Å². The van der Waals surface area contributed by atoms with Crippen LogP contribution in [-0.4, -0.2) is 9.55 Å². The lowest BCUT2D eigenvalue weighted by Crippen LogP contribution is -2.13. The fourth-order valence-electron chi connectivity index (χ4n) is 2.48. The molecule has 0 saturated carbocycles. The van der Waals surface area contributed by atoms with Crippen LogP contribution in [0.15, 0.2) is 48.5 Å². The van der Waals surface area contributed by atoms with Crippen molar-refractivity contribution in [2.24, 2.45) is 0 Å². The Morgan fingerprint density at radius 3 is 2.67 bits per heavy atom. The van der Waals surface area contributed by atoms with E-state index in [1.807, 2.05) is 48.5 Å². The number of aromatic nitrogens is 2. The minimum Gasteiger partial charge on any atom is -0.483 e. The van der Waals surface area contributed by atoms with Crippen molar-refractivity contribution in [1.82, 2.24) is 9.55 Å². The van der Waals surface area contributed by atoms with Gasteiger partial charge in [-0.3, -0.25) is 4.57 Å². The maximum absolute atomic E-state index is 5.96. The van der Waals surface area contributed by atoms with Crippen molar-refractivity contribution in [3.8, 4) is 22.7 Å². The van der Waals surface area contributed by atoms with Crippen molar-refractivity contribution in [3.63, 3.8) is 0 Å². The zero-order chi connectivity index (χ0) is 14.4. The van der Waals surface area contributed by atoms with E-state index in [-0.39, 0.29) is 0 Å². The molecule has 3 nitrogen and oxygen atoms in total. The standard InChI is InChI=1S/C16H10ClIN2O/c17-11-7-5-10(6-8-11)15-16(18)20-12-3-1-2-4-13(12)21-9-14(20)19-15/h1-8H,9H2. The SMILES string of the molecule is Clc1ccc(-c2nc3n(c2I)-c2ccccc2OC3)cc1. The van der Waals surface area contributed by atoms with Gasteiger partial charge in [0, 0.05) is 10.6 Å². The van der Waals surface area contributed by atoms with Crippen LogP contribution in [0.25, 0.3) is 16.9 Å². The van der Waals surface area contributed by atoms with Gasteiger partial charge in [0.1, 0.15) is 21.8 Å². The van der Waals surface area contributed by atoms with Crippen LogP contribution in [0, 0.1) is 3.70 Å². The Morgan fingerprint density at radius 2 is 1.86 bits per heavy atom.